The topological polar surface area (TPSA) is 76.1 Å². The average Bonchev–Trinajstić information content (AvgIpc) is 3.29. The number of amides is 1. The summed E-state index contributed by atoms with van der Waals surface area (Å²) in [5.41, 5.74) is -0.453. The molecular formula is C17H21NO5. The molecule has 3 rings (SSSR count). The van der Waals surface area contributed by atoms with Crippen molar-refractivity contribution in [1.82, 2.24) is 4.90 Å². The summed E-state index contributed by atoms with van der Waals surface area (Å²) in [6, 6.07) is 9.28. The average molecular weight is 319 g/mol. The van der Waals surface area contributed by atoms with E-state index < -0.39 is 23.7 Å². The highest BCUT2D eigenvalue weighted by atomic mass is 16.6. The number of carboxylic acid groups (broad SMARTS) is 1. The van der Waals surface area contributed by atoms with Crippen LogP contribution in [0.4, 0.5) is 4.79 Å². The maximum Gasteiger partial charge on any atom is 0.411 e. The van der Waals surface area contributed by atoms with Crippen molar-refractivity contribution in [3.8, 4) is 0 Å². The molecule has 0 spiro atoms. The summed E-state index contributed by atoms with van der Waals surface area (Å²) in [5, 5.41) is 9.79. The molecule has 2 aliphatic rings. The fourth-order valence-electron chi connectivity index (χ4n) is 3.19. The second-order valence-corrected chi connectivity index (χ2v) is 6.13. The predicted molar refractivity (Wildman–Crippen MR) is 81.9 cm³/mol. The zero-order chi connectivity index (χ0) is 16.4. The largest absolute Gasteiger partial charge is 0.479 e. The summed E-state index contributed by atoms with van der Waals surface area (Å²) < 4.78 is 10.9. The molecule has 23 heavy (non-hydrogen) atoms. The number of benzene rings is 1. The molecule has 2 unspecified atom stereocenters. The Morgan fingerprint density at radius 1 is 1.35 bits per heavy atom. The van der Waals surface area contributed by atoms with E-state index >= 15 is 0 Å². The molecule has 2 fully saturated rings. The van der Waals surface area contributed by atoms with Crippen LogP contribution in [0.15, 0.2) is 30.3 Å². The van der Waals surface area contributed by atoms with Gasteiger partial charge in [0.15, 0.2) is 5.54 Å². The van der Waals surface area contributed by atoms with Crippen molar-refractivity contribution in [2.75, 3.05) is 6.61 Å². The van der Waals surface area contributed by atoms with Crippen LogP contribution in [0.25, 0.3) is 0 Å². The van der Waals surface area contributed by atoms with Crippen LogP contribution in [0, 0.1) is 0 Å². The minimum Gasteiger partial charge on any atom is -0.479 e. The molecule has 6 heteroatoms. The van der Waals surface area contributed by atoms with Crippen molar-refractivity contribution >= 4 is 12.1 Å². The number of nitrogens with zero attached hydrogens (tertiary/aromatic N) is 1. The normalized spacial score (nSPS) is 26.7. The van der Waals surface area contributed by atoms with Crippen LogP contribution in [0.3, 0.4) is 0 Å². The monoisotopic (exact) mass is 319 g/mol. The first-order chi connectivity index (χ1) is 11.1. The Kier molecular flexibility index (Phi) is 4.26. The third-order valence-electron chi connectivity index (χ3n) is 4.64. The second kappa shape index (κ2) is 6.20. The molecule has 1 aliphatic heterocycles. The molecule has 1 saturated heterocycles. The Morgan fingerprint density at radius 2 is 2.04 bits per heavy atom. The molecule has 0 radical (unpaired) electrons. The van der Waals surface area contributed by atoms with Gasteiger partial charge >= 0.3 is 12.1 Å². The van der Waals surface area contributed by atoms with Gasteiger partial charge in [0.2, 0.25) is 0 Å². The number of carbonyl (C=O) groups excluding carboxylic acids is 1. The molecular weight excluding hydrogens is 298 g/mol. The van der Waals surface area contributed by atoms with Crippen LogP contribution in [-0.4, -0.2) is 46.4 Å². The zero-order valence-corrected chi connectivity index (χ0v) is 13.1. The molecule has 1 aromatic carbocycles. The summed E-state index contributed by atoms with van der Waals surface area (Å²) in [7, 11) is 0. The summed E-state index contributed by atoms with van der Waals surface area (Å²) >= 11 is 0. The van der Waals surface area contributed by atoms with Crippen molar-refractivity contribution in [3.05, 3.63) is 35.9 Å². The van der Waals surface area contributed by atoms with E-state index in [0.29, 0.717) is 13.0 Å². The molecule has 6 nitrogen and oxygen atoms in total. The van der Waals surface area contributed by atoms with Crippen molar-refractivity contribution in [1.29, 1.82) is 0 Å². The van der Waals surface area contributed by atoms with Gasteiger partial charge < -0.3 is 14.6 Å². The van der Waals surface area contributed by atoms with Crippen molar-refractivity contribution in [2.24, 2.45) is 0 Å². The summed E-state index contributed by atoms with van der Waals surface area (Å²) in [6.45, 7) is 2.18. The fourth-order valence-corrected chi connectivity index (χ4v) is 3.19. The number of carbonyl (C=O) groups is 2. The van der Waals surface area contributed by atoms with Crippen LogP contribution in [-0.2, 0) is 20.9 Å². The number of hydrogen-bond donors (Lipinski definition) is 1. The Morgan fingerprint density at radius 3 is 2.57 bits per heavy atom. The maximum absolute atomic E-state index is 12.6. The molecule has 1 aromatic rings. The first-order valence-electron chi connectivity index (χ1n) is 7.90. The zero-order valence-electron chi connectivity index (χ0n) is 13.1. The number of aliphatic carboxylic acids is 1. The van der Waals surface area contributed by atoms with Crippen LogP contribution < -0.4 is 0 Å². The van der Waals surface area contributed by atoms with Gasteiger partial charge in [-0.1, -0.05) is 30.3 Å². The lowest BCUT2D eigenvalue weighted by Crippen LogP contribution is -2.62. The predicted octanol–water partition coefficient (Wildman–Crippen LogP) is 2.42. The van der Waals surface area contributed by atoms with Crippen molar-refractivity contribution in [2.45, 2.75) is 50.5 Å². The molecule has 2 atom stereocenters. The fraction of sp³-hybridized carbons (Fsp3) is 0.529. The molecule has 1 heterocycles. The minimum atomic E-state index is -1.32. The van der Waals surface area contributed by atoms with E-state index in [2.05, 4.69) is 0 Å². The Hall–Kier alpha value is -2.08. The second-order valence-electron chi connectivity index (χ2n) is 6.13. The molecule has 1 amide bonds. The van der Waals surface area contributed by atoms with E-state index in [4.69, 9.17) is 9.47 Å². The number of hydrogen-bond acceptors (Lipinski definition) is 4. The van der Waals surface area contributed by atoms with Crippen molar-refractivity contribution < 1.29 is 24.2 Å². The maximum atomic E-state index is 12.6. The van der Waals surface area contributed by atoms with Gasteiger partial charge in [0.05, 0.1) is 12.7 Å². The lowest BCUT2D eigenvalue weighted by atomic mass is 9.90. The standard InChI is InChI=1S/C17H21NO5/c1-12-17(15(19)20,9-10-22-12)18(14-7-8-14)16(21)23-11-13-5-3-2-4-6-13/h2-6,12,14H,7-11H2,1H3,(H,19,20). The molecule has 0 aromatic heterocycles. The van der Waals surface area contributed by atoms with Gasteiger partial charge in [-0.15, -0.1) is 0 Å². The summed E-state index contributed by atoms with van der Waals surface area (Å²) in [4.78, 5) is 26.0. The number of rotatable bonds is 5. The molecule has 0 bridgehead atoms. The van der Waals surface area contributed by atoms with Gasteiger partial charge in [-0.05, 0) is 25.3 Å². The van der Waals surface area contributed by atoms with Crippen LogP contribution in [0.5, 0.6) is 0 Å². The Balaban J connectivity index is 1.78. The van der Waals surface area contributed by atoms with Crippen LogP contribution in [0.2, 0.25) is 0 Å². The smallest absolute Gasteiger partial charge is 0.411 e. The lowest BCUT2D eigenvalue weighted by Gasteiger charge is -2.39. The lowest BCUT2D eigenvalue weighted by molar-refractivity contribution is -0.154. The quantitative estimate of drug-likeness (QED) is 0.902. The van der Waals surface area contributed by atoms with Gasteiger partial charge in [0, 0.05) is 12.5 Å². The Bertz CT molecular complexity index is 586. The van der Waals surface area contributed by atoms with Crippen LogP contribution >= 0.6 is 0 Å². The van der Waals surface area contributed by atoms with Crippen LogP contribution in [0.1, 0.15) is 31.7 Å². The highest BCUT2D eigenvalue weighted by molar-refractivity contribution is 5.86. The van der Waals surface area contributed by atoms with E-state index in [1.54, 1.807) is 6.92 Å². The minimum absolute atomic E-state index is 0.0708. The van der Waals surface area contributed by atoms with E-state index in [0.717, 1.165) is 18.4 Å². The van der Waals surface area contributed by atoms with E-state index in [-0.39, 0.29) is 12.6 Å². The van der Waals surface area contributed by atoms with E-state index in [9.17, 15) is 14.7 Å². The molecule has 1 aliphatic carbocycles. The van der Waals surface area contributed by atoms with Gasteiger partial charge in [-0.3, -0.25) is 4.90 Å². The van der Waals surface area contributed by atoms with E-state index in [1.807, 2.05) is 30.3 Å². The van der Waals surface area contributed by atoms with Crippen molar-refractivity contribution in [3.63, 3.8) is 0 Å². The summed E-state index contributed by atoms with van der Waals surface area (Å²) in [6.07, 6.45) is 0.783. The molecule has 124 valence electrons. The molecule has 1 saturated carbocycles. The van der Waals surface area contributed by atoms with Gasteiger partial charge in [-0.25, -0.2) is 9.59 Å². The van der Waals surface area contributed by atoms with Gasteiger partial charge in [0.25, 0.3) is 0 Å². The number of carboxylic acids is 1. The third-order valence-corrected chi connectivity index (χ3v) is 4.64. The summed E-state index contributed by atoms with van der Waals surface area (Å²) in [5.74, 6) is -1.02. The highest BCUT2D eigenvalue weighted by Crippen LogP contribution is 2.41. The third kappa shape index (κ3) is 2.91. The van der Waals surface area contributed by atoms with Gasteiger partial charge in [-0.2, -0.15) is 0 Å². The first kappa shape index (κ1) is 15.8. The van der Waals surface area contributed by atoms with Gasteiger partial charge in [0.1, 0.15) is 6.61 Å². The van der Waals surface area contributed by atoms with E-state index in [1.165, 1.54) is 4.90 Å². The molecule has 1 N–H and O–H groups in total. The SMILES string of the molecule is CC1OCCC1(C(=O)O)N(C(=O)OCc1ccccc1)C1CC1. The highest BCUT2D eigenvalue weighted by Gasteiger charge is 2.59. The first-order valence-corrected chi connectivity index (χ1v) is 7.90. The Labute approximate surface area is 135 Å². The number of ether oxygens (including phenoxy) is 2.